The van der Waals surface area contributed by atoms with Gasteiger partial charge in [-0.2, -0.15) is 0 Å². The van der Waals surface area contributed by atoms with Crippen LogP contribution in [0.4, 0.5) is 5.13 Å². The van der Waals surface area contributed by atoms with E-state index in [4.69, 9.17) is 4.74 Å². The van der Waals surface area contributed by atoms with Gasteiger partial charge in [-0.3, -0.25) is 0 Å². The predicted molar refractivity (Wildman–Crippen MR) is 86.5 cm³/mol. The highest BCUT2D eigenvalue weighted by atomic mass is 32.1. The van der Waals surface area contributed by atoms with E-state index in [0.29, 0.717) is 5.92 Å². The third kappa shape index (κ3) is 1.99. The molecule has 1 atom stereocenters. The third-order valence-electron chi connectivity index (χ3n) is 5.12. The number of aromatic nitrogens is 2. The maximum absolute atomic E-state index is 6.29. The van der Waals surface area contributed by atoms with Crippen LogP contribution in [0.3, 0.4) is 0 Å². The molecule has 5 heteroatoms. The minimum absolute atomic E-state index is 0.139. The van der Waals surface area contributed by atoms with Gasteiger partial charge < -0.3 is 9.64 Å². The van der Waals surface area contributed by atoms with Crippen LogP contribution in [0.15, 0.2) is 24.3 Å². The van der Waals surface area contributed by atoms with Gasteiger partial charge in [-0.25, -0.2) is 0 Å². The van der Waals surface area contributed by atoms with Crippen LogP contribution < -0.4 is 4.90 Å². The molecule has 1 aromatic heterocycles. The van der Waals surface area contributed by atoms with Crippen molar-refractivity contribution in [3.05, 3.63) is 40.4 Å². The Balaban J connectivity index is 1.45. The Bertz CT molecular complexity index is 707. The molecule has 114 valence electrons. The Morgan fingerprint density at radius 2 is 2.14 bits per heavy atom. The Kier molecular flexibility index (Phi) is 2.82. The molecule has 4 nitrogen and oxygen atoms in total. The van der Waals surface area contributed by atoms with Crippen molar-refractivity contribution in [2.75, 3.05) is 24.6 Å². The molecule has 1 saturated carbocycles. The second-order valence-corrected chi connectivity index (χ2v) is 7.61. The number of nitrogens with zero attached hydrogens (tertiary/aromatic N) is 3. The predicted octanol–water partition coefficient (Wildman–Crippen LogP) is 3.09. The van der Waals surface area contributed by atoms with Gasteiger partial charge in [0.2, 0.25) is 5.13 Å². The van der Waals surface area contributed by atoms with Crippen molar-refractivity contribution < 1.29 is 4.74 Å². The van der Waals surface area contributed by atoms with Crippen LogP contribution >= 0.6 is 11.3 Å². The Labute approximate surface area is 134 Å². The fourth-order valence-electron chi connectivity index (χ4n) is 3.77. The number of aryl methyl sites for hydroxylation is 1. The lowest BCUT2D eigenvalue weighted by Crippen LogP contribution is -2.49. The highest BCUT2D eigenvalue weighted by Crippen LogP contribution is 2.45. The van der Waals surface area contributed by atoms with Gasteiger partial charge in [0.15, 0.2) is 0 Å². The molecule has 2 fully saturated rings. The monoisotopic (exact) mass is 313 g/mol. The number of fused-ring (bicyclic) bond motifs is 2. The summed E-state index contributed by atoms with van der Waals surface area (Å²) in [4.78, 5) is 2.38. The second-order valence-electron chi connectivity index (χ2n) is 6.62. The summed E-state index contributed by atoms with van der Waals surface area (Å²) in [6.45, 7) is 2.60. The van der Waals surface area contributed by atoms with Crippen molar-refractivity contribution >= 4 is 16.5 Å². The zero-order valence-corrected chi connectivity index (χ0v) is 13.3. The molecule has 2 aliphatic carbocycles. The SMILES string of the molecule is c1ccc2c(c1)CCC21CN(c2nnc(C3CC3)s2)CCO1. The fourth-order valence-corrected chi connectivity index (χ4v) is 4.80. The van der Waals surface area contributed by atoms with Gasteiger partial charge >= 0.3 is 0 Å². The van der Waals surface area contributed by atoms with E-state index in [-0.39, 0.29) is 5.60 Å². The first-order valence-corrected chi connectivity index (χ1v) is 8.96. The number of anilines is 1. The van der Waals surface area contributed by atoms with Crippen molar-refractivity contribution in [2.24, 2.45) is 0 Å². The number of hydrogen-bond acceptors (Lipinski definition) is 5. The van der Waals surface area contributed by atoms with Crippen LogP contribution in [0.1, 0.15) is 41.3 Å². The summed E-state index contributed by atoms with van der Waals surface area (Å²) in [6, 6.07) is 8.74. The lowest BCUT2D eigenvalue weighted by atomic mass is 9.94. The van der Waals surface area contributed by atoms with Crippen LogP contribution in [-0.2, 0) is 16.8 Å². The summed E-state index contributed by atoms with van der Waals surface area (Å²) in [6.07, 6.45) is 4.77. The Morgan fingerprint density at radius 3 is 3.05 bits per heavy atom. The average molecular weight is 313 g/mol. The zero-order chi connectivity index (χ0) is 14.6. The molecule has 0 radical (unpaired) electrons. The molecule has 0 amide bonds. The summed E-state index contributed by atoms with van der Waals surface area (Å²) in [5, 5.41) is 11.2. The first kappa shape index (κ1) is 13.0. The fraction of sp³-hybridized carbons (Fsp3) is 0.529. The van der Waals surface area contributed by atoms with E-state index < -0.39 is 0 Å². The summed E-state index contributed by atoms with van der Waals surface area (Å²) >= 11 is 1.78. The molecule has 1 aliphatic heterocycles. The minimum Gasteiger partial charge on any atom is -0.367 e. The van der Waals surface area contributed by atoms with Gasteiger partial charge in [0, 0.05) is 12.5 Å². The second kappa shape index (κ2) is 4.77. The highest BCUT2D eigenvalue weighted by Gasteiger charge is 2.44. The molecule has 1 spiro atoms. The van der Waals surface area contributed by atoms with E-state index in [1.165, 1.54) is 29.0 Å². The molecule has 5 rings (SSSR count). The van der Waals surface area contributed by atoms with Gasteiger partial charge in [-0.15, -0.1) is 10.2 Å². The molecule has 1 unspecified atom stereocenters. The summed E-state index contributed by atoms with van der Waals surface area (Å²) < 4.78 is 6.29. The van der Waals surface area contributed by atoms with Crippen LogP contribution in [0.25, 0.3) is 0 Å². The minimum atomic E-state index is -0.139. The average Bonchev–Trinajstić information content (AvgIpc) is 3.20. The summed E-state index contributed by atoms with van der Waals surface area (Å²) in [5.41, 5.74) is 2.69. The summed E-state index contributed by atoms with van der Waals surface area (Å²) in [7, 11) is 0. The lowest BCUT2D eigenvalue weighted by molar-refractivity contribution is -0.0592. The van der Waals surface area contributed by atoms with E-state index in [1.807, 2.05) is 0 Å². The third-order valence-corrected chi connectivity index (χ3v) is 6.27. The van der Waals surface area contributed by atoms with Crippen molar-refractivity contribution in [1.29, 1.82) is 0 Å². The maximum Gasteiger partial charge on any atom is 0.208 e. The number of ether oxygens (including phenoxy) is 1. The smallest absolute Gasteiger partial charge is 0.208 e. The lowest BCUT2D eigenvalue weighted by Gasteiger charge is -2.41. The molecular weight excluding hydrogens is 294 g/mol. The van der Waals surface area contributed by atoms with Crippen LogP contribution in [0.2, 0.25) is 0 Å². The molecule has 3 aliphatic rings. The van der Waals surface area contributed by atoms with Crippen LogP contribution in [-0.4, -0.2) is 29.9 Å². The molecule has 1 saturated heterocycles. The number of benzene rings is 1. The summed E-state index contributed by atoms with van der Waals surface area (Å²) in [5.74, 6) is 0.688. The highest BCUT2D eigenvalue weighted by molar-refractivity contribution is 7.15. The maximum atomic E-state index is 6.29. The van der Waals surface area contributed by atoms with E-state index in [0.717, 1.165) is 37.7 Å². The zero-order valence-electron chi connectivity index (χ0n) is 12.5. The molecule has 0 N–H and O–H groups in total. The van der Waals surface area contributed by atoms with Gasteiger partial charge in [-0.05, 0) is 36.8 Å². The number of rotatable bonds is 2. The van der Waals surface area contributed by atoms with Crippen molar-refractivity contribution in [2.45, 2.75) is 37.2 Å². The van der Waals surface area contributed by atoms with Crippen LogP contribution in [0, 0.1) is 0 Å². The van der Waals surface area contributed by atoms with Crippen molar-refractivity contribution in [3.63, 3.8) is 0 Å². The van der Waals surface area contributed by atoms with Gasteiger partial charge in [0.1, 0.15) is 10.6 Å². The topological polar surface area (TPSA) is 38.2 Å². The number of morpholine rings is 1. The molecule has 22 heavy (non-hydrogen) atoms. The van der Waals surface area contributed by atoms with Gasteiger partial charge in [0.05, 0.1) is 13.2 Å². The van der Waals surface area contributed by atoms with E-state index in [2.05, 4.69) is 39.4 Å². The standard InChI is InChI=1S/C17H19N3OS/c1-2-4-14-12(3-1)7-8-17(14)11-20(9-10-21-17)16-19-18-15(22-16)13-5-6-13/h1-4,13H,5-11H2. The molecule has 0 bridgehead atoms. The van der Waals surface area contributed by atoms with Crippen molar-refractivity contribution in [3.8, 4) is 0 Å². The van der Waals surface area contributed by atoms with E-state index >= 15 is 0 Å². The van der Waals surface area contributed by atoms with E-state index in [1.54, 1.807) is 11.3 Å². The molecule has 2 heterocycles. The Morgan fingerprint density at radius 1 is 1.23 bits per heavy atom. The quantitative estimate of drug-likeness (QED) is 0.854. The van der Waals surface area contributed by atoms with E-state index in [9.17, 15) is 0 Å². The first-order valence-electron chi connectivity index (χ1n) is 8.15. The van der Waals surface area contributed by atoms with Gasteiger partial charge in [-0.1, -0.05) is 35.6 Å². The molecular formula is C17H19N3OS. The molecule has 1 aromatic carbocycles. The normalized spacial score (nSPS) is 27.4. The Hall–Kier alpha value is -1.46. The van der Waals surface area contributed by atoms with Gasteiger partial charge in [0.25, 0.3) is 0 Å². The number of hydrogen-bond donors (Lipinski definition) is 0. The van der Waals surface area contributed by atoms with Crippen LogP contribution in [0.5, 0.6) is 0 Å². The largest absolute Gasteiger partial charge is 0.367 e. The molecule has 2 aromatic rings. The first-order chi connectivity index (χ1) is 10.8. The van der Waals surface area contributed by atoms with Crippen molar-refractivity contribution in [1.82, 2.24) is 10.2 Å².